The first-order valence-corrected chi connectivity index (χ1v) is 11.6. The van der Waals surface area contributed by atoms with Crippen LogP contribution >= 0.6 is 0 Å². The smallest absolute Gasteiger partial charge is 0.267 e. The van der Waals surface area contributed by atoms with Crippen LogP contribution in [0.5, 0.6) is 0 Å². The van der Waals surface area contributed by atoms with Gasteiger partial charge >= 0.3 is 0 Å². The van der Waals surface area contributed by atoms with Crippen molar-refractivity contribution in [3.05, 3.63) is 63.5 Å². The van der Waals surface area contributed by atoms with Crippen molar-refractivity contribution in [1.29, 1.82) is 0 Å². The summed E-state index contributed by atoms with van der Waals surface area (Å²) in [4.78, 5) is 22.2. The summed E-state index contributed by atoms with van der Waals surface area (Å²) in [6.45, 7) is 10.2. The molecule has 0 radical (unpaired) electrons. The van der Waals surface area contributed by atoms with Crippen LogP contribution in [-0.2, 0) is 18.4 Å². The molecule has 1 aliphatic heterocycles. The average Bonchev–Trinajstić information content (AvgIpc) is 3.20. The van der Waals surface area contributed by atoms with Crippen LogP contribution in [0, 0.1) is 12.7 Å². The number of hydrogen-bond donors (Lipinski definition) is 0. The number of anilines is 1. The predicted octanol–water partition coefficient (Wildman–Crippen LogP) is 3.68. The van der Waals surface area contributed by atoms with Gasteiger partial charge in [0, 0.05) is 57.0 Å². The molecule has 0 bridgehead atoms. The molecule has 3 atom stereocenters. The Labute approximate surface area is 194 Å². The minimum atomic E-state index is -0.149. The quantitative estimate of drug-likeness (QED) is 0.568. The van der Waals surface area contributed by atoms with Gasteiger partial charge in [0.25, 0.3) is 5.56 Å². The average molecular weight is 456 g/mol. The lowest BCUT2D eigenvalue weighted by molar-refractivity contribution is 0.104. The van der Waals surface area contributed by atoms with Crippen molar-refractivity contribution in [2.75, 3.05) is 25.1 Å². The molecule has 33 heavy (non-hydrogen) atoms. The first-order valence-electron chi connectivity index (χ1n) is 11.6. The summed E-state index contributed by atoms with van der Waals surface area (Å²) in [5.74, 6) is -0.149. The summed E-state index contributed by atoms with van der Waals surface area (Å²) < 4.78 is 23.4. The minimum absolute atomic E-state index is 0.0384. The standard InChI is InChI=1S/C25H34FN5O2/c1-7-20-14-29(17(3)12-30(20)18(4)21-9-8-16(2)10-22(21)26)23-11-24(32)28(5)31-13-19(15-33-6)27-25(23)31/h8-11,13,17-18,20H,7,12,14-15H2,1-6H3/t17-,18?,20+/m0/s1. The monoisotopic (exact) mass is 455 g/mol. The number of nitrogens with zero attached hydrogens (tertiary/aromatic N) is 5. The van der Waals surface area contributed by atoms with Crippen LogP contribution in [0.2, 0.25) is 0 Å². The Balaban J connectivity index is 1.69. The van der Waals surface area contributed by atoms with Gasteiger partial charge in [0.2, 0.25) is 0 Å². The minimum Gasteiger partial charge on any atom is -0.378 e. The van der Waals surface area contributed by atoms with Gasteiger partial charge in [-0.3, -0.25) is 9.69 Å². The zero-order chi connectivity index (χ0) is 23.9. The van der Waals surface area contributed by atoms with Crippen LogP contribution in [0.3, 0.4) is 0 Å². The van der Waals surface area contributed by atoms with E-state index in [4.69, 9.17) is 9.72 Å². The van der Waals surface area contributed by atoms with Crippen molar-refractivity contribution >= 4 is 11.3 Å². The Morgan fingerprint density at radius 1 is 1.27 bits per heavy atom. The fourth-order valence-corrected chi connectivity index (χ4v) is 5.02. The van der Waals surface area contributed by atoms with E-state index in [2.05, 4.69) is 30.6 Å². The summed E-state index contributed by atoms with van der Waals surface area (Å²) in [5, 5.41) is 0. The lowest BCUT2D eigenvalue weighted by atomic mass is 9.97. The molecule has 1 saturated heterocycles. The lowest BCUT2D eigenvalue weighted by Gasteiger charge is -2.48. The molecular formula is C25H34FN5O2. The second-order valence-corrected chi connectivity index (χ2v) is 9.19. The van der Waals surface area contributed by atoms with Crippen molar-refractivity contribution < 1.29 is 9.13 Å². The Kier molecular flexibility index (Phi) is 6.59. The molecule has 7 nitrogen and oxygen atoms in total. The first-order chi connectivity index (χ1) is 15.7. The van der Waals surface area contributed by atoms with Gasteiger partial charge in [-0.2, -0.15) is 0 Å². The zero-order valence-electron chi connectivity index (χ0n) is 20.4. The molecule has 0 saturated carbocycles. The van der Waals surface area contributed by atoms with Gasteiger partial charge < -0.3 is 9.64 Å². The number of aryl methyl sites for hydroxylation is 2. The van der Waals surface area contributed by atoms with E-state index in [0.29, 0.717) is 6.61 Å². The van der Waals surface area contributed by atoms with E-state index >= 15 is 0 Å². The summed E-state index contributed by atoms with van der Waals surface area (Å²) >= 11 is 0. The molecule has 3 heterocycles. The highest BCUT2D eigenvalue weighted by molar-refractivity contribution is 5.69. The maximum Gasteiger partial charge on any atom is 0.267 e. The number of piperazine rings is 1. The third kappa shape index (κ3) is 4.29. The Morgan fingerprint density at radius 2 is 2.03 bits per heavy atom. The Hall–Kier alpha value is -2.71. The van der Waals surface area contributed by atoms with Crippen LogP contribution in [0.25, 0.3) is 5.65 Å². The third-order valence-corrected chi connectivity index (χ3v) is 6.93. The van der Waals surface area contributed by atoms with Gasteiger partial charge in [-0.15, -0.1) is 0 Å². The number of benzene rings is 1. The lowest BCUT2D eigenvalue weighted by Crippen LogP contribution is -2.58. The van der Waals surface area contributed by atoms with Crippen molar-refractivity contribution in [3.63, 3.8) is 0 Å². The fourth-order valence-electron chi connectivity index (χ4n) is 5.02. The molecule has 0 amide bonds. The molecule has 2 aromatic heterocycles. The van der Waals surface area contributed by atoms with Crippen LogP contribution in [0.1, 0.15) is 50.1 Å². The number of fused-ring (bicyclic) bond motifs is 1. The molecule has 0 N–H and O–H groups in total. The topological polar surface area (TPSA) is 55.0 Å². The second-order valence-electron chi connectivity index (χ2n) is 9.19. The first kappa shape index (κ1) is 23.4. The van der Waals surface area contributed by atoms with Crippen LogP contribution < -0.4 is 10.5 Å². The SMILES string of the molecule is CC[C@@H]1CN(c2cc(=O)n(C)n3cc(COC)nc23)[C@@H](C)CN1C(C)c1ccc(C)cc1F. The molecule has 3 aromatic rings. The number of aromatic nitrogens is 3. The second kappa shape index (κ2) is 9.27. The Morgan fingerprint density at radius 3 is 2.70 bits per heavy atom. The maximum atomic E-state index is 14.8. The molecule has 0 spiro atoms. The van der Waals surface area contributed by atoms with E-state index in [1.807, 2.05) is 25.3 Å². The maximum absolute atomic E-state index is 14.8. The van der Waals surface area contributed by atoms with Gasteiger partial charge in [-0.1, -0.05) is 19.1 Å². The summed E-state index contributed by atoms with van der Waals surface area (Å²) in [7, 11) is 3.38. The van der Waals surface area contributed by atoms with E-state index in [9.17, 15) is 9.18 Å². The molecule has 0 aliphatic carbocycles. The summed E-state index contributed by atoms with van der Waals surface area (Å²) in [5.41, 5.74) is 3.93. The number of halogens is 1. The van der Waals surface area contributed by atoms with Crippen LogP contribution in [0.15, 0.2) is 35.3 Å². The van der Waals surface area contributed by atoms with Gasteiger partial charge in [0.15, 0.2) is 5.65 Å². The predicted molar refractivity (Wildman–Crippen MR) is 128 cm³/mol. The van der Waals surface area contributed by atoms with Gasteiger partial charge in [0.05, 0.1) is 24.2 Å². The van der Waals surface area contributed by atoms with Crippen molar-refractivity contribution in [2.24, 2.45) is 7.05 Å². The van der Waals surface area contributed by atoms with Crippen molar-refractivity contribution in [3.8, 4) is 0 Å². The number of rotatable bonds is 6. The van der Waals surface area contributed by atoms with E-state index in [0.717, 1.165) is 47.7 Å². The molecule has 1 aromatic carbocycles. The van der Waals surface area contributed by atoms with Crippen LogP contribution in [-0.4, -0.2) is 51.4 Å². The molecule has 8 heteroatoms. The number of methoxy groups -OCH3 is 1. The molecule has 1 aliphatic rings. The Bertz CT molecular complexity index is 1200. The highest BCUT2D eigenvalue weighted by Gasteiger charge is 2.35. The molecule has 178 valence electrons. The number of hydrogen-bond acceptors (Lipinski definition) is 5. The number of ether oxygens (including phenoxy) is 1. The van der Waals surface area contributed by atoms with Gasteiger partial charge in [-0.25, -0.2) is 18.6 Å². The van der Waals surface area contributed by atoms with E-state index < -0.39 is 0 Å². The number of imidazole rings is 1. The molecule has 4 rings (SSSR count). The highest BCUT2D eigenvalue weighted by Crippen LogP contribution is 2.33. The van der Waals surface area contributed by atoms with Gasteiger partial charge in [0.1, 0.15) is 5.82 Å². The van der Waals surface area contributed by atoms with E-state index in [1.165, 1.54) is 0 Å². The summed E-state index contributed by atoms with van der Waals surface area (Å²) in [6.07, 6.45) is 2.77. The normalized spacial score (nSPS) is 20.5. The van der Waals surface area contributed by atoms with Crippen LogP contribution in [0.4, 0.5) is 10.1 Å². The van der Waals surface area contributed by atoms with E-state index in [-0.39, 0.29) is 29.5 Å². The highest BCUT2D eigenvalue weighted by atomic mass is 19.1. The van der Waals surface area contributed by atoms with Crippen molar-refractivity contribution in [2.45, 2.75) is 58.8 Å². The molecule has 1 unspecified atom stereocenters. The molecular weight excluding hydrogens is 421 g/mol. The van der Waals surface area contributed by atoms with E-state index in [1.54, 1.807) is 35.5 Å². The fraction of sp³-hybridized carbons (Fsp3) is 0.520. The van der Waals surface area contributed by atoms with Gasteiger partial charge in [-0.05, 0) is 38.8 Å². The van der Waals surface area contributed by atoms with Crippen molar-refractivity contribution in [1.82, 2.24) is 19.1 Å². The third-order valence-electron chi connectivity index (χ3n) is 6.93. The summed E-state index contributed by atoms with van der Waals surface area (Å²) in [6, 6.07) is 7.48. The zero-order valence-corrected chi connectivity index (χ0v) is 20.4. The largest absolute Gasteiger partial charge is 0.378 e. The molecule has 1 fully saturated rings.